The Morgan fingerprint density at radius 3 is 2.47 bits per heavy atom. The van der Waals surface area contributed by atoms with Gasteiger partial charge in [0.1, 0.15) is 10.0 Å². The van der Waals surface area contributed by atoms with E-state index >= 15 is 0 Å². The van der Waals surface area contributed by atoms with Crippen molar-refractivity contribution in [3.05, 3.63) is 40.4 Å². The number of nitrogens with zero attached hydrogens (tertiary/aromatic N) is 5. The summed E-state index contributed by atoms with van der Waals surface area (Å²) in [6.07, 6.45) is 1.78. The summed E-state index contributed by atoms with van der Waals surface area (Å²) >= 11 is 6.93. The molecule has 0 spiro atoms. The van der Waals surface area contributed by atoms with Crippen molar-refractivity contribution >= 4 is 44.8 Å². The number of sulfonamides is 1. The summed E-state index contributed by atoms with van der Waals surface area (Å²) in [7, 11) is -1.47. The average molecular weight is 499 g/mol. The van der Waals surface area contributed by atoms with Gasteiger partial charge in [-0.3, -0.25) is 0 Å². The molecule has 0 aromatic carbocycles. The van der Waals surface area contributed by atoms with Crippen molar-refractivity contribution in [2.45, 2.75) is 10.8 Å². The number of anilines is 1. The number of piperazine rings is 2. The molecule has 9 nitrogen and oxygen atoms in total. The third kappa shape index (κ3) is 5.18. The van der Waals surface area contributed by atoms with Gasteiger partial charge in [0.15, 0.2) is 0 Å². The van der Waals surface area contributed by atoms with Crippen molar-refractivity contribution in [3.63, 3.8) is 0 Å². The number of halogens is 1. The van der Waals surface area contributed by atoms with Gasteiger partial charge in [-0.1, -0.05) is 17.7 Å². The molecular formula is C20H27ClN6O3S2. The lowest BCUT2D eigenvalue weighted by Gasteiger charge is -2.35. The molecule has 0 unspecified atom stereocenters. The summed E-state index contributed by atoms with van der Waals surface area (Å²) in [5, 5.41) is 2.97. The third-order valence-corrected chi connectivity index (χ3v) is 9.37. The Balaban J connectivity index is 1.32. The minimum Gasteiger partial charge on any atom is -0.354 e. The number of hydrogen-bond donors (Lipinski definition) is 1. The Morgan fingerprint density at radius 1 is 1.09 bits per heavy atom. The molecule has 0 aliphatic carbocycles. The van der Waals surface area contributed by atoms with E-state index in [1.54, 1.807) is 17.2 Å². The molecule has 2 aromatic heterocycles. The minimum absolute atomic E-state index is 0.200. The maximum Gasteiger partial charge on any atom is 0.317 e. The van der Waals surface area contributed by atoms with Crippen molar-refractivity contribution in [3.8, 4) is 0 Å². The van der Waals surface area contributed by atoms with E-state index in [1.807, 2.05) is 12.1 Å². The molecule has 2 aliphatic heterocycles. The van der Waals surface area contributed by atoms with Gasteiger partial charge in [0.2, 0.25) is 0 Å². The highest BCUT2D eigenvalue weighted by atomic mass is 35.5. The molecule has 174 valence electrons. The molecule has 32 heavy (non-hydrogen) atoms. The topological polar surface area (TPSA) is 89.1 Å². The zero-order chi connectivity index (χ0) is 22.7. The Hall–Kier alpha value is -1.92. The van der Waals surface area contributed by atoms with Gasteiger partial charge in [0.25, 0.3) is 10.0 Å². The number of carbonyl (C=O) groups excluding carboxylic acids is 1. The predicted molar refractivity (Wildman–Crippen MR) is 126 cm³/mol. The van der Waals surface area contributed by atoms with Gasteiger partial charge in [-0.15, -0.1) is 11.3 Å². The third-order valence-electron chi connectivity index (χ3n) is 5.77. The molecule has 1 N–H and O–H groups in total. The largest absolute Gasteiger partial charge is 0.354 e. The minimum atomic E-state index is -3.58. The van der Waals surface area contributed by atoms with Crippen molar-refractivity contribution in [2.24, 2.45) is 0 Å². The summed E-state index contributed by atoms with van der Waals surface area (Å²) < 4.78 is 27.6. The molecule has 2 fully saturated rings. The highest BCUT2D eigenvalue weighted by Crippen LogP contribution is 2.28. The molecule has 0 radical (unpaired) electrons. The number of likely N-dealkylation sites (N-methyl/N-ethyl adjacent to an activating group) is 1. The second-order valence-corrected chi connectivity index (χ2v) is 11.8. The molecule has 2 amide bonds. The number of pyridine rings is 1. The first-order chi connectivity index (χ1) is 15.3. The number of nitrogens with one attached hydrogen (secondary N) is 1. The lowest BCUT2D eigenvalue weighted by atomic mass is 10.2. The zero-order valence-corrected chi connectivity index (χ0v) is 20.3. The monoisotopic (exact) mass is 498 g/mol. The van der Waals surface area contributed by atoms with Crippen molar-refractivity contribution in [2.75, 3.05) is 64.3 Å². The van der Waals surface area contributed by atoms with Gasteiger partial charge in [-0.05, 0) is 25.2 Å². The average Bonchev–Trinajstić information content (AvgIpc) is 3.25. The normalized spacial score (nSPS) is 18.7. The quantitative estimate of drug-likeness (QED) is 0.675. The summed E-state index contributed by atoms with van der Waals surface area (Å²) in [5.41, 5.74) is 0.973. The van der Waals surface area contributed by atoms with E-state index in [0.717, 1.165) is 48.9 Å². The fourth-order valence-electron chi connectivity index (χ4n) is 3.85. The molecule has 2 saturated heterocycles. The number of amides is 2. The molecule has 0 saturated carbocycles. The van der Waals surface area contributed by atoms with E-state index < -0.39 is 10.0 Å². The zero-order valence-electron chi connectivity index (χ0n) is 17.9. The van der Waals surface area contributed by atoms with Crippen molar-refractivity contribution in [1.82, 2.24) is 24.4 Å². The highest BCUT2D eigenvalue weighted by Gasteiger charge is 2.31. The van der Waals surface area contributed by atoms with E-state index in [1.165, 1.54) is 10.4 Å². The van der Waals surface area contributed by atoms with Crippen LogP contribution < -0.4 is 10.2 Å². The Kier molecular flexibility index (Phi) is 7.21. The standard InChI is InChI=1S/C20H27ClN6O3S2/c1-24-7-9-25(10-8-24)19-16(3-2-6-22-19)15-23-20(28)26-11-13-27(14-12-26)32(29,30)18-5-4-17(21)31-18/h2-6H,7-15H2,1H3,(H,23,28). The van der Waals surface area contributed by atoms with Crippen LogP contribution in [0.15, 0.2) is 34.7 Å². The van der Waals surface area contributed by atoms with Crippen LogP contribution in [0, 0.1) is 0 Å². The predicted octanol–water partition coefficient (Wildman–Crippen LogP) is 1.76. The van der Waals surface area contributed by atoms with Crippen molar-refractivity contribution < 1.29 is 13.2 Å². The lowest BCUT2D eigenvalue weighted by Crippen LogP contribution is -2.52. The van der Waals surface area contributed by atoms with Crippen LogP contribution in [-0.4, -0.2) is 92.9 Å². The van der Waals surface area contributed by atoms with Crippen molar-refractivity contribution in [1.29, 1.82) is 0 Å². The second kappa shape index (κ2) is 9.92. The summed E-state index contributed by atoms with van der Waals surface area (Å²) in [6.45, 7) is 5.32. The smallest absolute Gasteiger partial charge is 0.317 e. The number of carbonyl (C=O) groups is 1. The molecule has 4 heterocycles. The van der Waals surface area contributed by atoms with Crippen LogP contribution in [0.3, 0.4) is 0 Å². The number of rotatable bonds is 5. The number of thiophene rings is 1. The van der Waals surface area contributed by atoms with Gasteiger partial charge in [-0.25, -0.2) is 18.2 Å². The van der Waals surface area contributed by atoms with Crippen LogP contribution in [0.1, 0.15) is 5.56 Å². The SMILES string of the molecule is CN1CCN(c2ncccc2CNC(=O)N2CCN(S(=O)(=O)c3ccc(Cl)s3)CC2)CC1. The van der Waals surface area contributed by atoms with Gasteiger partial charge in [0, 0.05) is 70.7 Å². The summed E-state index contributed by atoms with van der Waals surface area (Å²) in [5.74, 6) is 0.909. The van der Waals surface area contributed by atoms with E-state index in [9.17, 15) is 13.2 Å². The Morgan fingerprint density at radius 2 is 1.81 bits per heavy atom. The van der Waals surface area contributed by atoms with E-state index in [2.05, 4.69) is 27.1 Å². The molecule has 12 heteroatoms. The molecule has 2 aromatic rings. The van der Waals surface area contributed by atoms with E-state index in [-0.39, 0.29) is 23.3 Å². The summed E-state index contributed by atoms with van der Waals surface area (Å²) in [4.78, 5) is 23.5. The molecular weight excluding hydrogens is 472 g/mol. The van der Waals surface area contributed by atoms with Crippen LogP contribution in [0.4, 0.5) is 10.6 Å². The fourth-order valence-corrected chi connectivity index (χ4v) is 6.91. The van der Waals surface area contributed by atoms with Crippen LogP contribution in [0.2, 0.25) is 4.34 Å². The first-order valence-corrected chi connectivity index (χ1v) is 13.1. The summed E-state index contributed by atoms with van der Waals surface area (Å²) in [6, 6.07) is 6.76. The van der Waals surface area contributed by atoms with Gasteiger partial charge >= 0.3 is 6.03 Å². The highest BCUT2D eigenvalue weighted by molar-refractivity contribution is 7.91. The van der Waals surface area contributed by atoms with E-state index in [0.29, 0.717) is 24.0 Å². The van der Waals surface area contributed by atoms with Gasteiger partial charge in [-0.2, -0.15) is 4.31 Å². The Labute approximate surface area is 197 Å². The van der Waals surface area contributed by atoms with E-state index in [4.69, 9.17) is 11.6 Å². The molecule has 2 aliphatic rings. The molecule has 0 atom stereocenters. The lowest BCUT2D eigenvalue weighted by molar-refractivity contribution is 0.172. The van der Waals surface area contributed by atoms with Gasteiger partial charge in [0.05, 0.1) is 4.34 Å². The first kappa shape index (κ1) is 23.2. The van der Waals surface area contributed by atoms with Crippen LogP contribution >= 0.6 is 22.9 Å². The van der Waals surface area contributed by atoms with Crippen LogP contribution in [0.5, 0.6) is 0 Å². The number of hydrogen-bond acceptors (Lipinski definition) is 7. The maximum absolute atomic E-state index is 12.7. The van der Waals surface area contributed by atoms with Gasteiger partial charge < -0.3 is 20.0 Å². The van der Waals surface area contributed by atoms with Crippen LogP contribution in [-0.2, 0) is 16.6 Å². The number of aromatic nitrogens is 1. The number of urea groups is 1. The molecule has 4 rings (SSSR count). The second-order valence-electron chi connectivity index (χ2n) is 7.88. The maximum atomic E-state index is 12.7. The Bertz CT molecular complexity index is 1050. The molecule has 0 bridgehead atoms. The fraction of sp³-hybridized carbons (Fsp3) is 0.500. The first-order valence-electron chi connectivity index (χ1n) is 10.5. The van der Waals surface area contributed by atoms with Crippen LogP contribution in [0.25, 0.3) is 0 Å².